The van der Waals surface area contributed by atoms with Gasteiger partial charge in [0.15, 0.2) is 5.16 Å². The molecule has 1 aromatic heterocycles. The summed E-state index contributed by atoms with van der Waals surface area (Å²) < 4.78 is 5.24. The van der Waals surface area contributed by atoms with E-state index in [0.29, 0.717) is 6.61 Å². The van der Waals surface area contributed by atoms with Crippen LogP contribution in [0.15, 0.2) is 35.5 Å². The Morgan fingerprint density at radius 2 is 1.91 bits per heavy atom. The number of hydrogen-bond acceptors (Lipinski definition) is 5. The normalized spacial score (nSPS) is 14.4. The van der Waals surface area contributed by atoms with Gasteiger partial charge in [-0.2, -0.15) is 0 Å². The van der Waals surface area contributed by atoms with E-state index in [-0.39, 0.29) is 0 Å². The van der Waals surface area contributed by atoms with Crippen molar-refractivity contribution < 1.29 is 4.74 Å². The summed E-state index contributed by atoms with van der Waals surface area (Å²) >= 11 is 7.57. The molecule has 0 radical (unpaired) electrons. The Kier molecular flexibility index (Phi) is 5.75. The first kappa shape index (κ1) is 16.6. The Balaban J connectivity index is 1.75. The first-order valence-corrected chi connectivity index (χ1v) is 9.10. The van der Waals surface area contributed by atoms with Gasteiger partial charge in [0.25, 0.3) is 0 Å². The minimum atomic E-state index is 0.512. The van der Waals surface area contributed by atoms with Crippen LogP contribution < -0.4 is 4.90 Å². The van der Waals surface area contributed by atoms with Gasteiger partial charge in [0.2, 0.25) is 0 Å². The Labute approximate surface area is 146 Å². The second-order valence-corrected chi connectivity index (χ2v) is 6.92. The molecule has 6 heteroatoms. The fourth-order valence-electron chi connectivity index (χ4n) is 2.58. The molecular formula is C17H20ClN3OS. The van der Waals surface area contributed by atoms with Crippen molar-refractivity contribution in [3.8, 4) is 0 Å². The average Bonchev–Trinajstić information content (AvgIpc) is 3.09. The average molecular weight is 350 g/mol. The third-order valence-corrected chi connectivity index (χ3v) is 4.92. The number of hydrogen-bond donors (Lipinski definition) is 0. The Morgan fingerprint density at radius 3 is 2.61 bits per heavy atom. The van der Waals surface area contributed by atoms with Gasteiger partial charge in [0.05, 0.1) is 12.3 Å². The number of anilines is 1. The molecular weight excluding hydrogens is 330 g/mol. The molecule has 1 aliphatic heterocycles. The first-order valence-electron chi connectivity index (χ1n) is 7.74. The van der Waals surface area contributed by atoms with Crippen molar-refractivity contribution in [2.45, 2.75) is 30.4 Å². The minimum absolute atomic E-state index is 0.512. The third kappa shape index (κ3) is 4.59. The van der Waals surface area contributed by atoms with Crippen LogP contribution >= 0.6 is 23.4 Å². The highest BCUT2D eigenvalue weighted by Crippen LogP contribution is 2.25. The van der Waals surface area contributed by atoms with Gasteiger partial charge in [-0.15, -0.1) is 0 Å². The summed E-state index contributed by atoms with van der Waals surface area (Å²) in [6, 6.07) is 9.94. The standard InChI is InChI=1S/C17H20ClN3OS/c1-22-11-15-10-16(21-8-2-3-9-21)20-17(19-15)23-12-13-4-6-14(18)7-5-13/h4-7,10H,2-3,8-9,11-12H2,1H3. The van der Waals surface area contributed by atoms with Crippen molar-refractivity contribution in [2.75, 3.05) is 25.1 Å². The lowest BCUT2D eigenvalue weighted by Gasteiger charge is -2.17. The minimum Gasteiger partial charge on any atom is -0.378 e. The smallest absolute Gasteiger partial charge is 0.190 e. The van der Waals surface area contributed by atoms with Gasteiger partial charge in [-0.3, -0.25) is 0 Å². The fraction of sp³-hybridized carbons (Fsp3) is 0.412. The van der Waals surface area contributed by atoms with E-state index in [2.05, 4.69) is 9.88 Å². The molecule has 0 amide bonds. The molecule has 1 aliphatic rings. The molecule has 1 aromatic carbocycles. The predicted molar refractivity (Wildman–Crippen MR) is 95.2 cm³/mol. The molecule has 0 bridgehead atoms. The van der Waals surface area contributed by atoms with Crippen molar-refractivity contribution in [2.24, 2.45) is 0 Å². The van der Waals surface area contributed by atoms with E-state index >= 15 is 0 Å². The lowest BCUT2D eigenvalue weighted by atomic mass is 10.2. The van der Waals surface area contributed by atoms with Crippen LogP contribution in [0.2, 0.25) is 5.02 Å². The largest absolute Gasteiger partial charge is 0.378 e. The molecule has 0 unspecified atom stereocenters. The van der Waals surface area contributed by atoms with E-state index in [4.69, 9.17) is 21.3 Å². The number of nitrogens with zero attached hydrogens (tertiary/aromatic N) is 3. The van der Waals surface area contributed by atoms with Gasteiger partial charge in [-0.05, 0) is 30.5 Å². The van der Waals surface area contributed by atoms with Gasteiger partial charge in [-0.1, -0.05) is 35.5 Å². The molecule has 1 fully saturated rings. The van der Waals surface area contributed by atoms with Crippen LogP contribution in [0, 0.1) is 0 Å². The number of rotatable bonds is 6. The summed E-state index contributed by atoms with van der Waals surface area (Å²) in [5.41, 5.74) is 2.14. The first-order chi connectivity index (χ1) is 11.2. The Bertz CT molecular complexity index is 645. The van der Waals surface area contributed by atoms with Crippen LogP contribution in [0.25, 0.3) is 0 Å². The van der Waals surface area contributed by atoms with E-state index in [1.807, 2.05) is 30.3 Å². The van der Waals surface area contributed by atoms with E-state index in [1.54, 1.807) is 18.9 Å². The van der Waals surface area contributed by atoms with Crippen LogP contribution in [0.5, 0.6) is 0 Å². The number of methoxy groups -OCH3 is 1. The topological polar surface area (TPSA) is 38.2 Å². The quantitative estimate of drug-likeness (QED) is 0.578. The Hall–Kier alpha value is -1.30. The zero-order valence-corrected chi connectivity index (χ0v) is 14.7. The van der Waals surface area contributed by atoms with E-state index in [9.17, 15) is 0 Å². The molecule has 2 heterocycles. The molecule has 1 saturated heterocycles. The summed E-state index contributed by atoms with van der Waals surface area (Å²) in [6.07, 6.45) is 2.47. The zero-order valence-electron chi connectivity index (χ0n) is 13.2. The highest BCUT2D eigenvalue weighted by Gasteiger charge is 2.16. The van der Waals surface area contributed by atoms with Gasteiger partial charge < -0.3 is 9.64 Å². The highest BCUT2D eigenvalue weighted by molar-refractivity contribution is 7.98. The second-order valence-electron chi connectivity index (χ2n) is 5.54. The molecule has 0 spiro atoms. The van der Waals surface area contributed by atoms with Gasteiger partial charge in [0, 0.05) is 37.0 Å². The van der Waals surface area contributed by atoms with E-state index in [1.165, 1.54) is 18.4 Å². The van der Waals surface area contributed by atoms with E-state index in [0.717, 1.165) is 40.5 Å². The van der Waals surface area contributed by atoms with Gasteiger partial charge in [0.1, 0.15) is 5.82 Å². The highest BCUT2D eigenvalue weighted by atomic mass is 35.5. The molecule has 3 rings (SSSR count). The summed E-state index contributed by atoms with van der Waals surface area (Å²) in [6.45, 7) is 2.66. The van der Waals surface area contributed by atoms with Crippen LogP contribution in [-0.4, -0.2) is 30.2 Å². The maximum atomic E-state index is 5.93. The molecule has 2 aromatic rings. The zero-order chi connectivity index (χ0) is 16.1. The molecule has 0 atom stereocenters. The monoisotopic (exact) mass is 349 g/mol. The number of thioether (sulfide) groups is 1. The van der Waals surface area contributed by atoms with Crippen LogP contribution in [0.4, 0.5) is 5.82 Å². The number of ether oxygens (including phenoxy) is 1. The van der Waals surface area contributed by atoms with Crippen molar-refractivity contribution >= 4 is 29.2 Å². The summed E-state index contributed by atoms with van der Waals surface area (Å²) in [7, 11) is 1.69. The lowest BCUT2D eigenvalue weighted by Crippen LogP contribution is -2.20. The lowest BCUT2D eigenvalue weighted by molar-refractivity contribution is 0.181. The van der Waals surface area contributed by atoms with E-state index < -0.39 is 0 Å². The molecule has 23 heavy (non-hydrogen) atoms. The number of halogens is 1. The number of benzene rings is 1. The number of aromatic nitrogens is 2. The maximum Gasteiger partial charge on any atom is 0.190 e. The predicted octanol–water partition coefficient (Wildman–Crippen LogP) is 4.17. The second kappa shape index (κ2) is 7.99. The Morgan fingerprint density at radius 1 is 1.17 bits per heavy atom. The SMILES string of the molecule is COCc1cc(N2CCCC2)nc(SCc2ccc(Cl)cc2)n1. The maximum absolute atomic E-state index is 5.93. The molecule has 0 aliphatic carbocycles. The van der Waals surface area contributed by atoms with Crippen molar-refractivity contribution in [1.29, 1.82) is 0 Å². The molecule has 0 saturated carbocycles. The summed E-state index contributed by atoms with van der Waals surface area (Å²) in [4.78, 5) is 11.7. The van der Waals surface area contributed by atoms with Crippen LogP contribution in [0.3, 0.4) is 0 Å². The third-order valence-electron chi connectivity index (χ3n) is 3.75. The fourth-order valence-corrected chi connectivity index (χ4v) is 3.54. The molecule has 122 valence electrons. The van der Waals surface area contributed by atoms with Gasteiger partial charge in [-0.25, -0.2) is 9.97 Å². The molecule has 0 N–H and O–H groups in total. The van der Waals surface area contributed by atoms with Crippen molar-refractivity contribution in [1.82, 2.24) is 9.97 Å². The van der Waals surface area contributed by atoms with Gasteiger partial charge >= 0.3 is 0 Å². The molecule has 4 nitrogen and oxygen atoms in total. The van der Waals surface area contributed by atoms with Crippen molar-refractivity contribution in [3.63, 3.8) is 0 Å². The van der Waals surface area contributed by atoms with Crippen LogP contribution in [-0.2, 0) is 17.1 Å². The van der Waals surface area contributed by atoms with Crippen molar-refractivity contribution in [3.05, 3.63) is 46.6 Å². The summed E-state index contributed by atoms with van der Waals surface area (Å²) in [5.74, 6) is 1.84. The summed E-state index contributed by atoms with van der Waals surface area (Å²) in [5, 5.41) is 1.56. The van der Waals surface area contributed by atoms with Crippen LogP contribution in [0.1, 0.15) is 24.1 Å².